The summed E-state index contributed by atoms with van der Waals surface area (Å²) in [6.45, 7) is 0. The molecule has 2 rings (SSSR count). The molecule has 0 amide bonds. The Kier molecular flexibility index (Phi) is 3.44. The van der Waals surface area contributed by atoms with Crippen molar-refractivity contribution in [2.75, 3.05) is 0 Å². The van der Waals surface area contributed by atoms with Crippen LogP contribution < -0.4 is 0 Å². The van der Waals surface area contributed by atoms with E-state index in [1.165, 1.54) is 9.13 Å². The topological polar surface area (TPSA) is 20.2 Å². The van der Waals surface area contributed by atoms with Crippen molar-refractivity contribution in [2.45, 2.75) is 37.7 Å². The van der Waals surface area contributed by atoms with Crippen LogP contribution in [-0.2, 0) is 0 Å². The predicted octanol–water partition coefficient (Wildman–Crippen LogP) is 3.31. The Morgan fingerprint density at radius 1 is 1.00 bits per heavy atom. The third-order valence-electron chi connectivity index (χ3n) is 3.04. The van der Waals surface area contributed by atoms with E-state index in [4.69, 9.17) is 0 Å². The summed E-state index contributed by atoms with van der Waals surface area (Å²) in [6, 6.07) is 8.79. The maximum absolute atomic E-state index is 9.42. The molecule has 0 radical (unpaired) electrons. The molecule has 0 heterocycles. The lowest BCUT2D eigenvalue weighted by Crippen LogP contribution is -2.16. The van der Waals surface area contributed by atoms with Crippen LogP contribution in [0.4, 0.5) is 0 Å². The van der Waals surface area contributed by atoms with Crippen molar-refractivity contribution in [1.82, 2.24) is 0 Å². The number of aliphatic hydroxyl groups excluding tert-OH is 1. The molecule has 0 atom stereocenters. The normalized spacial score (nSPS) is 27.6. The highest BCUT2D eigenvalue weighted by Gasteiger charge is 2.20. The molecule has 0 unspecified atom stereocenters. The highest BCUT2D eigenvalue weighted by molar-refractivity contribution is 14.1. The van der Waals surface area contributed by atoms with Crippen LogP contribution in [0.2, 0.25) is 0 Å². The molecule has 1 fully saturated rings. The zero-order valence-electron chi connectivity index (χ0n) is 8.12. The molecule has 1 saturated carbocycles. The molecule has 76 valence electrons. The predicted molar refractivity (Wildman–Crippen MR) is 66.4 cm³/mol. The van der Waals surface area contributed by atoms with Crippen molar-refractivity contribution >= 4 is 22.6 Å². The van der Waals surface area contributed by atoms with Gasteiger partial charge in [0.25, 0.3) is 0 Å². The van der Waals surface area contributed by atoms with E-state index >= 15 is 0 Å². The summed E-state index contributed by atoms with van der Waals surface area (Å²) in [7, 11) is 0. The van der Waals surface area contributed by atoms with Crippen LogP contribution >= 0.6 is 22.6 Å². The van der Waals surface area contributed by atoms with Gasteiger partial charge in [0.05, 0.1) is 6.10 Å². The minimum atomic E-state index is -0.0462. The minimum absolute atomic E-state index is 0.0462. The molecule has 1 aromatic rings. The van der Waals surface area contributed by atoms with Gasteiger partial charge in [0.2, 0.25) is 0 Å². The van der Waals surface area contributed by atoms with Crippen molar-refractivity contribution in [3.63, 3.8) is 0 Å². The zero-order valence-corrected chi connectivity index (χ0v) is 10.3. The summed E-state index contributed by atoms with van der Waals surface area (Å²) < 4.78 is 1.29. The van der Waals surface area contributed by atoms with Gasteiger partial charge in [-0.1, -0.05) is 12.1 Å². The number of hydrogen-bond donors (Lipinski definition) is 1. The van der Waals surface area contributed by atoms with Crippen molar-refractivity contribution in [1.29, 1.82) is 0 Å². The van der Waals surface area contributed by atoms with Gasteiger partial charge < -0.3 is 5.11 Å². The first-order chi connectivity index (χ1) is 6.75. The van der Waals surface area contributed by atoms with Crippen LogP contribution in [0.3, 0.4) is 0 Å². The number of hydrogen-bond acceptors (Lipinski definition) is 1. The third kappa shape index (κ3) is 2.48. The lowest BCUT2D eigenvalue weighted by molar-refractivity contribution is 0.122. The molecule has 2 heteroatoms. The second kappa shape index (κ2) is 4.62. The van der Waals surface area contributed by atoms with Crippen LogP contribution in [0, 0.1) is 3.57 Å². The molecule has 14 heavy (non-hydrogen) atoms. The van der Waals surface area contributed by atoms with E-state index < -0.39 is 0 Å². The first-order valence-electron chi connectivity index (χ1n) is 5.19. The van der Waals surface area contributed by atoms with E-state index in [2.05, 4.69) is 46.9 Å². The summed E-state index contributed by atoms with van der Waals surface area (Å²) in [5.41, 5.74) is 1.44. The minimum Gasteiger partial charge on any atom is -0.393 e. The Balaban J connectivity index is 2.05. The molecule has 1 aliphatic carbocycles. The van der Waals surface area contributed by atoms with E-state index in [0.717, 1.165) is 25.7 Å². The van der Waals surface area contributed by atoms with Gasteiger partial charge in [0.1, 0.15) is 0 Å². The molecule has 0 aromatic heterocycles. The van der Waals surface area contributed by atoms with E-state index in [1.54, 1.807) is 0 Å². The van der Waals surface area contributed by atoms with Gasteiger partial charge in [-0.05, 0) is 71.9 Å². The van der Waals surface area contributed by atoms with Gasteiger partial charge >= 0.3 is 0 Å². The van der Waals surface area contributed by atoms with Crippen molar-refractivity contribution in [2.24, 2.45) is 0 Å². The Morgan fingerprint density at radius 2 is 1.57 bits per heavy atom. The highest BCUT2D eigenvalue weighted by atomic mass is 127. The van der Waals surface area contributed by atoms with Crippen LogP contribution in [-0.4, -0.2) is 11.2 Å². The van der Waals surface area contributed by atoms with Gasteiger partial charge in [-0.15, -0.1) is 0 Å². The lowest BCUT2D eigenvalue weighted by atomic mass is 9.83. The van der Waals surface area contributed by atoms with Crippen molar-refractivity contribution < 1.29 is 5.11 Å². The van der Waals surface area contributed by atoms with E-state index in [0.29, 0.717) is 5.92 Å². The molecule has 1 aliphatic rings. The second-order valence-corrected chi connectivity index (χ2v) is 5.30. The van der Waals surface area contributed by atoms with E-state index in [9.17, 15) is 5.11 Å². The number of aliphatic hydroxyl groups is 1. The summed E-state index contributed by atoms with van der Waals surface area (Å²) in [6.07, 6.45) is 4.17. The van der Waals surface area contributed by atoms with Crippen LogP contribution in [0.15, 0.2) is 24.3 Å². The third-order valence-corrected chi connectivity index (χ3v) is 3.76. The average Bonchev–Trinajstić information content (AvgIpc) is 2.21. The second-order valence-electron chi connectivity index (χ2n) is 4.06. The van der Waals surface area contributed by atoms with E-state index in [-0.39, 0.29) is 6.10 Å². The Hall–Kier alpha value is -0.0900. The fraction of sp³-hybridized carbons (Fsp3) is 0.500. The standard InChI is InChI=1S/C12H15IO/c13-11-5-1-9(2-6-11)10-3-7-12(14)8-4-10/h1-2,5-6,10,12,14H,3-4,7-8H2. The van der Waals surface area contributed by atoms with Crippen molar-refractivity contribution in [3.8, 4) is 0 Å². The van der Waals surface area contributed by atoms with Crippen LogP contribution in [0.1, 0.15) is 37.2 Å². The van der Waals surface area contributed by atoms with E-state index in [1.807, 2.05) is 0 Å². The maximum atomic E-state index is 9.42. The largest absolute Gasteiger partial charge is 0.393 e. The molecular formula is C12H15IO. The molecular weight excluding hydrogens is 287 g/mol. The summed E-state index contributed by atoms with van der Waals surface area (Å²) in [4.78, 5) is 0. The first kappa shape index (κ1) is 10.4. The SMILES string of the molecule is OC1CCC(c2ccc(I)cc2)CC1. The fourth-order valence-electron chi connectivity index (χ4n) is 2.14. The fourth-order valence-corrected chi connectivity index (χ4v) is 2.50. The maximum Gasteiger partial charge on any atom is 0.0540 e. The molecule has 1 N–H and O–H groups in total. The van der Waals surface area contributed by atoms with Crippen LogP contribution in [0.25, 0.3) is 0 Å². The summed E-state index contributed by atoms with van der Waals surface area (Å²) >= 11 is 2.33. The van der Waals surface area contributed by atoms with Crippen molar-refractivity contribution in [3.05, 3.63) is 33.4 Å². The number of halogens is 1. The number of rotatable bonds is 1. The highest BCUT2D eigenvalue weighted by Crippen LogP contribution is 2.32. The van der Waals surface area contributed by atoms with Crippen LogP contribution in [0.5, 0.6) is 0 Å². The molecule has 1 nitrogen and oxygen atoms in total. The quantitative estimate of drug-likeness (QED) is 0.789. The molecule has 0 spiro atoms. The first-order valence-corrected chi connectivity index (χ1v) is 6.27. The Morgan fingerprint density at radius 3 is 2.14 bits per heavy atom. The number of benzene rings is 1. The molecule has 0 saturated heterocycles. The monoisotopic (exact) mass is 302 g/mol. The molecule has 0 bridgehead atoms. The van der Waals surface area contributed by atoms with Gasteiger partial charge in [0, 0.05) is 3.57 Å². The molecule has 0 aliphatic heterocycles. The zero-order chi connectivity index (χ0) is 9.97. The smallest absolute Gasteiger partial charge is 0.0540 e. The summed E-state index contributed by atoms with van der Waals surface area (Å²) in [5.74, 6) is 0.676. The Labute approximate surface area is 98.7 Å². The van der Waals surface area contributed by atoms with Gasteiger partial charge in [-0.25, -0.2) is 0 Å². The average molecular weight is 302 g/mol. The summed E-state index contributed by atoms with van der Waals surface area (Å²) in [5, 5.41) is 9.42. The van der Waals surface area contributed by atoms with Gasteiger partial charge in [0.15, 0.2) is 0 Å². The Bertz CT molecular complexity index is 286. The molecule has 1 aromatic carbocycles. The lowest BCUT2D eigenvalue weighted by Gasteiger charge is -2.25. The van der Waals surface area contributed by atoms with Gasteiger partial charge in [-0.3, -0.25) is 0 Å². The van der Waals surface area contributed by atoms with Gasteiger partial charge in [-0.2, -0.15) is 0 Å².